The SMILES string of the molecule is CCCNc1cnc(COc2ccc(Cl)cc2Cl)cn1. The van der Waals surface area contributed by atoms with Gasteiger partial charge >= 0.3 is 0 Å². The van der Waals surface area contributed by atoms with Crippen molar-refractivity contribution in [3.8, 4) is 5.75 Å². The molecule has 0 unspecified atom stereocenters. The summed E-state index contributed by atoms with van der Waals surface area (Å²) in [5.41, 5.74) is 0.734. The van der Waals surface area contributed by atoms with Gasteiger partial charge in [0, 0.05) is 11.6 Å². The second kappa shape index (κ2) is 7.31. The molecule has 0 saturated carbocycles. The Morgan fingerprint density at radius 1 is 1.20 bits per heavy atom. The first kappa shape index (κ1) is 14.9. The van der Waals surface area contributed by atoms with E-state index < -0.39 is 0 Å². The fourth-order valence-electron chi connectivity index (χ4n) is 1.52. The Morgan fingerprint density at radius 2 is 2.05 bits per heavy atom. The van der Waals surface area contributed by atoms with E-state index in [-0.39, 0.29) is 0 Å². The quantitative estimate of drug-likeness (QED) is 0.869. The molecule has 0 amide bonds. The highest BCUT2D eigenvalue weighted by atomic mass is 35.5. The van der Waals surface area contributed by atoms with Gasteiger partial charge in [0.2, 0.25) is 0 Å². The van der Waals surface area contributed by atoms with Gasteiger partial charge in [-0.1, -0.05) is 30.1 Å². The zero-order valence-electron chi connectivity index (χ0n) is 11.1. The molecule has 0 aliphatic rings. The summed E-state index contributed by atoms with van der Waals surface area (Å²) in [6.45, 7) is 3.28. The molecular formula is C14H15Cl2N3O. The molecule has 1 aromatic carbocycles. The first-order valence-corrected chi connectivity index (χ1v) is 7.07. The number of hydrogen-bond acceptors (Lipinski definition) is 4. The van der Waals surface area contributed by atoms with Gasteiger partial charge in [0.25, 0.3) is 0 Å². The molecule has 2 rings (SSSR count). The van der Waals surface area contributed by atoms with Crippen LogP contribution >= 0.6 is 23.2 Å². The summed E-state index contributed by atoms with van der Waals surface area (Å²) in [7, 11) is 0. The van der Waals surface area contributed by atoms with Crippen molar-refractivity contribution in [1.29, 1.82) is 0 Å². The van der Waals surface area contributed by atoms with Crippen molar-refractivity contribution in [2.24, 2.45) is 0 Å². The van der Waals surface area contributed by atoms with E-state index in [9.17, 15) is 0 Å². The maximum atomic E-state index is 6.02. The summed E-state index contributed by atoms with van der Waals surface area (Å²) < 4.78 is 5.59. The Kier molecular flexibility index (Phi) is 5.44. The molecule has 0 fully saturated rings. The topological polar surface area (TPSA) is 47.0 Å². The standard InChI is InChI=1S/C14H15Cl2N3O/c1-2-5-17-14-8-18-11(7-19-14)9-20-13-4-3-10(15)6-12(13)16/h3-4,6-8H,2,5,9H2,1H3,(H,17,19). The summed E-state index contributed by atoms with van der Waals surface area (Å²) in [6.07, 6.45) is 4.42. The van der Waals surface area contributed by atoms with Crippen LogP contribution in [-0.4, -0.2) is 16.5 Å². The van der Waals surface area contributed by atoms with Crippen LogP contribution in [-0.2, 0) is 6.61 Å². The van der Waals surface area contributed by atoms with Crippen LogP contribution in [0.25, 0.3) is 0 Å². The molecule has 20 heavy (non-hydrogen) atoms. The monoisotopic (exact) mass is 311 g/mol. The van der Waals surface area contributed by atoms with Crippen LogP contribution in [0.4, 0.5) is 5.82 Å². The van der Waals surface area contributed by atoms with Crippen LogP contribution in [0.2, 0.25) is 10.0 Å². The fourth-order valence-corrected chi connectivity index (χ4v) is 1.98. The lowest BCUT2D eigenvalue weighted by Crippen LogP contribution is -2.04. The predicted octanol–water partition coefficient (Wildman–Crippen LogP) is 4.18. The third-order valence-corrected chi connectivity index (χ3v) is 3.06. The molecule has 0 atom stereocenters. The van der Waals surface area contributed by atoms with Crippen molar-refractivity contribution >= 4 is 29.0 Å². The summed E-state index contributed by atoms with van der Waals surface area (Å²) in [5.74, 6) is 1.34. The number of halogens is 2. The normalized spacial score (nSPS) is 10.3. The highest BCUT2D eigenvalue weighted by Crippen LogP contribution is 2.27. The van der Waals surface area contributed by atoms with Crippen molar-refractivity contribution in [2.75, 3.05) is 11.9 Å². The number of aromatic nitrogens is 2. The van der Waals surface area contributed by atoms with Gasteiger partial charge in [-0.2, -0.15) is 0 Å². The third-order valence-electron chi connectivity index (χ3n) is 2.53. The van der Waals surface area contributed by atoms with Crippen LogP contribution in [0.1, 0.15) is 19.0 Å². The molecule has 6 heteroatoms. The number of ether oxygens (including phenoxy) is 1. The molecule has 0 saturated heterocycles. The summed E-state index contributed by atoms with van der Waals surface area (Å²) in [4.78, 5) is 8.53. The molecule has 0 aliphatic heterocycles. The predicted molar refractivity (Wildman–Crippen MR) is 81.6 cm³/mol. The van der Waals surface area contributed by atoms with Gasteiger partial charge in [-0.15, -0.1) is 0 Å². The largest absolute Gasteiger partial charge is 0.486 e. The average Bonchev–Trinajstić information content (AvgIpc) is 2.45. The number of hydrogen-bond donors (Lipinski definition) is 1. The minimum atomic E-state index is 0.308. The summed E-state index contributed by atoms with van der Waals surface area (Å²) in [6, 6.07) is 5.10. The van der Waals surface area contributed by atoms with E-state index in [0.29, 0.717) is 22.4 Å². The lowest BCUT2D eigenvalue weighted by molar-refractivity contribution is 0.301. The first-order valence-electron chi connectivity index (χ1n) is 6.31. The Balaban J connectivity index is 1.93. The van der Waals surface area contributed by atoms with Gasteiger partial charge in [0.15, 0.2) is 0 Å². The molecule has 0 bridgehead atoms. The molecule has 0 aliphatic carbocycles. The smallest absolute Gasteiger partial charge is 0.144 e. The Bertz CT molecular complexity index is 561. The van der Waals surface area contributed by atoms with Crippen LogP contribution < -0.4 is 10.1 Å². The highest BCUT2D eigenvalue weighted by molar-refractivity contribution is 6.35. The fraction of sp³-hybridized carbons (Fsp3) is 0.286. The highest BCUT2D eigenvalue weighted by Gasteiger charge is 2.04. The molecule has 2 aromatic rings. The van der Waals surface area contributed by atoms with Gasteiger partial charge in [0.1, 0.15) is 18.2 Å². The number of nitrogens with zero attached hydrogens (tertiary/aromatic N) is 2. The number of nitrogens with one attached hydrogen (secondary N) is 1. The molecule has 1 aromatic heterocycles. The van der Waals surface area contributed by atoms with Crippen molar-refractivity contribution in [3.05, 3.63) is 46.3 Å². The van der Waals surface area contributed by atoms with Crippen molar-refractivity contribution in [1.82, 2.24) is 9.97 Å². The van der Waals surface area contributed by atoms with Gasteiger partial charge in [-0.3, -0.25) is 4.98 Å². The van der Waals surface area contributed by atoms with Crippen molar-refractivity contribution in [2.45, 2.75) is 20.0 Å². The molecule has 4 nitrogen and oxygen atoms in total. The molecule has 0 radical (unpaired) electrons. The average molecular weight is 312 g/mol. The lowest BCUT2D eigenvalue weighted by Gasteiger charge is -2.08. The molecule has 1 heterocycles. The lowest BCUT2D eigenvalue weighted by atomic mass is 10.3. The summed E-state index contributed by atoms with van der Waals surface area (Å²) >= 11 is 11.8. The van der Waals surface area contributed by atoms with Gasteiger partial charge in [-0.25, -0.2) is 4.98 Å². The maximum Gasteiger partial charge on any atom is 0.144 e. The van der Waals surface area contributed by atoms with Crippen LogP contribution in [0.5, 0.6) is 5.75 Å². The zero-order chi connectivity index (χ0) is 14.4. The Hall–Kier alpha value is -1.52. The van der Waals surface area contributed by atoms with Gasteiger partial charge in [0.05, 0.1) is 23.1 Å². The minimum absolute atomic E-state index is 0.308. The molecule has 106 valence electrons. The second-order valence-electron chi connectivity index (χ2n) is 4.18. The number of rotatable bonds is 6. The van der Waals surface area contributed by atoms with E-state index in [1.165, 1.54) is 0 Å². The van der Waals surface area contributed by atoms with E-state index in [4.69, 9.17) is 27.9 Å². The van der Waals surface area contributed by atoms with E-state index in [1.54, 1.807) is 30.6 Å². The zero-order valence-corrected chi connectivity index (χ0v) is 12.6. The van der Waals surface area contributed by atoms with E-state index in [0.717, 1.165) is 24.5 Å². The van der Waals surface area contributed by atoms with Crippen LogP contribution in [0.15, 0.2) is 30.6 Å². The van der Waals surface area contributed by atoms with Gasteiger partial charge < -0.3 is 10.1 Å². The summed E-state index contributed by atoms with van der Waals surface area (Å²) in [5, 5.41) is 4.22. The first-order chi connectivity index (χ1) is 9.69. The Labute approximate surface area is 128 Å². The molecule has 1 N–H and O–H groups in total. The van der Waals surface area contributed by atoms with Gasteiger partial charge in [-0.05, 0) is 24.6 Å². The Morgan fingerprint density at radius 3 is 2.70 bits per heavy atom. The number of benzene rings is 1. The number of anilines is 1. The molecule has 0 spiro atoms. The minimum Gasteiger partial charge on any atom is -0.486 e. The van der Waals surface area contributed by atoms with E-state index in [2.05, 4.69) is 22.2 Å². The third kappa shape index (κ3) is 4.25. The van der Waals surface area contributed by atoms with Crippen molar-refractivity contribution < 1.29 is 4.74 Å². The molecular weight excluding hydrogens is 297 g/mol. The van der Waals surface area contributed by atoms with E-state index in [1.807, 2.05) is 0 Å². The van der Waals surface area contributed by atoms with E-state index >= 15 is 0 Å². The van der Waals surface area contributed by atoms with Crippen LogP contribution in [0, 0.1) is 0 Å². The maximum absolute atomic E-state index is 6.02. The second-order valence-corrected chi connectivity index (χ2v) is 5.03. The van der Waals surface area contributed by atoms with Crippen LogP contribution in [0.3, 0.4) is 0 Å². The van der Waals surface area contributed by atoms with Crippen molar-refractivity contribution in [3.63, 3.8) is 0 Å².